The molecule has 4 heteroatoms. The minimum atomic E-state index is 0.778. The summed E-state index contributed by atoms with van der Waals surface area (Å²) in [6.07, 6.45) is 0.785. The lowest BCUT2D eigenvalue weighted by atomic mass is 10.3. The molecule has 4 nitrogen and oxygen atoms in total. The summed E-state index contributed by atoms with van der Waals surface area (Å²) in [5, 5.41) is 3.93. The van der Waals surface area contributed by atoms with E-state index in [1.165, 1.54) is 7.11 Å². The molecule has 0 aliphatic rings. The molecule has 0 fully saturated rings. The lowest BCUT2D eigenvalue weighted by Crippen LogP contribution is -2.01. The van der Waals surface area contributed by atoms with Crippen LogP contribution in [0.5, 0.6) is 0 Å². The molecule has 0 aliphatic carbocycles. The highest BCUT2D eigenvalue weighted by molar-refractivity contribution is 5.99. The van der Waals surface area contributed by atoms with Gasteiger partial charge in [0.05, 0.1) is 11.0 Å². The van der Waals surface area contributed by atoms with E-state index in [2.05, 4.69) is 15.1 Å². The molecule has 0 spiro atoms. The van der Waals surface area contributed by atoms with Gasteiger partial charge >= 0.3 is 0 Å². The standard InChI is InChI=1S/C11H13N3O/c1-3-8(14-15-2)11-12-9-6-4-5-7-10(9)13-11/h4-7H,3H2,1-2H3,(H,12,13). The number of rotatable bonds is 3. The number of imidazole rings is 1. The Hall–Kier alpha value is -1.84. The van der Waals surface area contributed by atoms with Crippen LogP contribution in [0.25, 0.3) is 11.0 Å². The van der Waals surface area contributed by atoms with E-state index in [4.69, 9.17) is 4.84 Å². The summed E-state index contributed by atoms with van der Waals surface area (Å²) in [4.78, 5) is 12.4. The molecule has 2 rings (SSSR count). The molecular formula is C11H13N3O. The molecule has 1 N–H and O–H groups in total. The van der Waals surface area contributed by atoms with Gasteiger partial charge in [-0.3, -0.25) is 0 Å². The molecule has 78 valence electrons. The first kappa shape index (κ1) is 9.71. The van der Waals surface area contributed by atoms with E-state index in [0.717, 1.165) is 29.0 Å². The number of nitrogens with one attached hydrogen (secondary N) is 1. The second kappa shape index (κ2) is 4.13. The maximum absolute atomic E-state index is 4.77. The van der Waals surface area contributed by atoms with Gasteiger partial charge in [-0.2, -0.15) is 0 Å². The fraction of sp³-hybridized carbons (Fsp3) is 0.273. The molecule has 0 aliphatic heterocycles. The number of H-pyrrole nitrogens is 1. The Morgan fingerprint density at radius 2 is 2.27 bits per heavy atom. The number of fused-ring (bicyclic) bond motifs is 1. The van der Waals surface area contributed by atoms with E-state index in [1.807, 2.05) is 31.2 Å². The minimum absolute atomic E-state index is 0.778. The second-order valence-electron chi connectivity index (χ2n) is 3.18. The average molecular weight is 203 g/mol. The molecule has 0 bridgehead atoms. The van der Waals surface area contributed by atoms with Gasteiger partial charge < -0.3 is 9.82 Å². The first-order valence-electron chi connectivity index (χ1n) is 4.90. The molecule has 0 amide bonds. The van der Waals surface area contributed by atoms with E-state index < -0.39 is 0 Å². The van der Waals surface area contributed by atoms with E-state index in [9.17, 15) is 0 Å². The quantitative estimate of drug-likeness (QED) is 0.614. The highest BCUT2D eigenvalue weighted by Crippen LogP contribution is 2.11. The zero-order chi connectivity index (χ0) is 10.7. The van der Waals surface area contributed by atoms with Gasteiger partial charge in [0.25, 0.3) is 0 Å². The molecule has 0 saturated carbocycles. The summed E-state index contributed by atoms with van der Waals surface area (Å²) in [6.45, 7) is 2.02. The summed E-state index contributed by atoms with van der Waals surface area (Å²) in [5.41, 5.74) is 2.79. The minimum Gasteiger partial charge on any atom is -0.399 e. The van der Waals surface area contributed by atoms with Gasteiger partial charge in [0.15, 0.2) is 5.82 Å². The van der Waals surface area contributed by atoms with Crippen LogP contribution in [0.3, 0.4) is 0 Å². The molecule has 1 aromatic heterocycles. The monoisotopic (exact) mass is 203 g/mol. The fourth-order valence-electron chi connectivity index (χ4n) is 1.47. The van der Waals surface area contributed by atoms with Crippen molar-refractivity contribution in [3.05, 3.63) is 30.1 Å². The van der Waals surface area contributed by atoms with Crippen LogP contribution in [0.4, 0.5) is 0 Å². The summed E-state index contributed by atoms with van der Waals surface area (Å²) >= 11 is 0. The normalized spacial score (nSPS) is 12.0. The van der Waals surface area contributed by atoms with Crippen molar-refractivity contribution in [2.45, 2.75) is 13.3 Å². The van der Waals surface area contributed by atoms with Crippen molar-refractivity contribution in [3.8, 4) is 0 Å². The predicted octanol–water partition coefficient (Wildman–Crippen LogP) is 2.32. The Labute approximate surface area is 88.0 Å². The van der Waals surface area contributed by atoms with Gasteiger partial charge in [0.1, 0.15) is 12.8 Å². The zero-order valence-corrected chi connectivity index (χ0v) is 8.82. The average Bonchev–Trinajstić information content (AvgIpc) is 2.69. The van der Waals surface area contributed by atoms with Crippen molar-refractivity contribution in [2.75, 3.05) is 7.11 Å². The van der Waals surface area contributed by atoms with Gasteiger partial charge in [-0.15, -0.1) is 0 Å². The Kier molecular flexibility index (Phi) is 2.67. The largest absolute Gasteiger partial charge is 0.399 e. The molecule has 0 atom stereocenters. The summed E-state index contributed by atoms with van der Waals surface area (Å²) in [7, 11) is 1.54. The lowest BCUT2D eigenvalue weighted by molar-refractivity contribution is 0.213. The molecular weight excluding hydrogens is 190 g/mol. The van der Waals surface area contributed by atoms with E-state index in [1.54, 1.807) is 0 Å². The van der Waals surface area contributed by atoms with E-state index in [0.29, 0.717) is 0 Å². The van der Waals surface area contributed by atoms with Crippen LogP contribution >= 0.6 is 0 Å². The van der Waals surface area contributed by atoms with Crippen LogP contribution in [-0.4, -0.2) is 22.8 Å². The van der Waals surface area contributed by atoms with Crippen LogP contribution in [0.1, 0.15) is 19.2 Å². The number of nitrogens with zero attached hydrogens (tertiary/aromatic N) is 2. The van der Waals surface area contributed by atoms with Gasteiger partial charge in [-0.25, -0.2) is 4.98 Å². The third-order valence-corrected chi connectivity index (χ3v) is 2.20. The summed E-state index contributed by atoms with van der Waals surface area (Å²) < 4.78 is 0. The topological polar surface area (TPSA) is 50.3 Å². The number of oxime groups is 1. The maximum atomic E-state index is 4.77. The van der Waals surface area contributed by atoms with Gasteiger partial charge in [-0.05, 0) is 18.6 Å². The SMILES string of the molecule is CCC(=NOC)c1nc2ccccc2[nH]1. The lowest BCUT2D eigenvalue weighted by Gasteiger charge is -1.96. The maximum Gasteiger partial charge on any atom is 0.156 e. The number of hydrogen-bond donors (Lipinski definition) is 1. The van der Waals surface area contributed by atoms with E-state index >= 15 is 0 Å². The third kappa shape index (κ3) is 1.83. The number of benzene rings is 1. The number of hydrogen-bond acceptors (Lipinski definition) is 3. The Balaban J connectivity index is 2.48. The summed E-state index contributed by atoms with van der Waals surface area (Å²) in [6, 6.07) is 7.90. The zero-order valence-electron chi connectivity index (χ0n) is 8.82. The highest BCUT2D eigenvalue weighted by Gasteiger charge is 2.07. The molecule has 15 heavy (non-hydrogen) atoms. The molecule has 1 aromatic carbocycles. The van der Waals surface area contributed by atoms with Crippen molar-refractivity contribution in [3.63, 3.8) is 0 Å². The van der Waals surface area contributed by atoms with Crippen LogP contribution in [0, 0.1) is 0 Å². The van der Waals surface area contributed by atoms with Crippen LogP contribution in [0.2, 0.25) is 0 Å². The highest BCUT2D eigenvalue weighted by atomic mass is 16.6. The van der Waals surface area contributed by atoms with Crippen molar-refractivity contribution in [1.82, 2.24) is 9.97 Å². The fourth-order valence-corrected chi connectivity index (χ4v) is 1.47. The second-order valence-corrected chi connectivity index (χ2v) is 3.18. The molecule has 0 unspecified atom stereocenters. The Bertz CT molecular complexity index is 454. The third-order valence-electron chi connectivity index (χ3n) is 2.20. The van der Waals surface area contributed by atoms with Crippen LogP contribution in [-0.2, 0) is 4.84 Å². The smallest absolute Gasteiger partial charge is 0.156 e. The number of aromatic nitrogens is 2. The van der Waals surface area contributed by atoms with Gasteiger partial charge in [-0.1, -0.05) is 24.2 Å². The van der Waals surface area contributed by atoms with Crippen molar-refractivity contribution >= 4 is 16.7 Å². The molecule has 0 radical (unpaired) electrons. The van der Waals surface area contributed by atoms with Crippen LogP contribution in [0.15, 0.2) is 29.4 Å². The molecule has 1 heterocycles. The molecule has 2 aromatic rings. The Morgan fingerprint density at radius 3 is 2.93 bits per heavy atom. The summed E-state index contributed by atoms with van der Waals surface area (Å²) in [5.74, 6) is 0.778. The predicted molar refractivity (Wildman–Crippen MR) is 59.9 cm³/mol. The van der Waals surface area contributed by atoms with Crippen LogP contribution < -0.4 is 0 Å². The van der Waals surface area contributed by atoms with Crippen molar-refractivity contribution in [2.24, 2.45) is 5.16 Å². The van der Waals surface area contributed by atoms with Gasteiger partial charge in [0, 0.05) is 0 Å². The van der Waals surface area contributed by atoms with Crippen molar-refractivity contribution < 1.29 is 4.84 Å². The number of aromatic amines is 1. The molecule has 0 saturated heterocycles. The first-order valence-corrected chi connectivity index (χ1v) is 4.90. The van der Waals surface area contributed by atoms with E-state index in [-0.39, 0.29) is 0 Å². The number of para-hydroxylation sites is 2. The van der Waals surface area contributed by atoms with Crippen molar-refractivity contribution in [1.29, 1.82) is 0 Å². The first-order chi connectivity index (χ1) is 7.35. The Morgan fingerprint density at radius 1 is 1.47 bits per heavy atom. The van der Waals surface area contributed by atoms with Gasteiger partial charge in [0.2, 0.25) is 0 Å².